The lowest BCUT2D eigenvalue weighted by atomic mass is 9.77. The van der Waals surface area contributed by atoms with E-state index in [1.165, 1.54) is 0 Å². The molecule has 0 saturated heterocycles. The van der Waals surface area contributed by atoms with Gasteiger partial charge in [0.05, 0.1) is 6.61 Å². The first-order valence-corrected chi connectivity index (χ1v) is 6.05. The zero-order chi connectivity index (χ0) is 12.1. The molecule has 4 nitrogen and oxygen atoms in total. The predicted molar refractivity (Wildman–Crippen MR) is 64.0 cm³/mol. The first-order valence-electron chi connectivity index (χ1n) is 6.05. The molecule has 2 N–H and O–H groups in total. The van der Waals surface area contributed by atoms with Gasteiger partial charge in [-0.1, -0.05) is 6.92 Å². The van der Waals surface area contributed by atoms with Gasteiger partial charge < -0.3 is 15.4 Å². The fraction of sp³-hybridized carbons (Fsp3) is 0.917. The maximum absolute atomic E-state index is 12.2. The summed E-state index contributed by atoms with van der Waals surface area (Å²) >= 11 is 0. The molecule has 1 amide bonds. The third kappa shape index (κ3) is 3.46. The van der Waals surface area contributed by atoms with Crippen molar-refractivity contribution in [1.82, 2.24) is 4.90 Å². The van der Waals surface area contributed by atoms with Crippen molar-refractivity contribution < 1.29 is 9.53 Å². The molecule has 0 aromatic heterocycles. The molecule has 1 aliphatic carbocycles. The van der Waals surface area contributed by atoms with Gasteiger partial charge in [0.15, 0.2) is 0 Å². The van der Waals surface area contributed by atoms with Crippen LogP contribution in [0, 0.1) is 11.8 Å². The van der Waals surface area contributed by atoms with Crippen molar-refractivity contribution in [3.8, 4) is 0 Å². The Morgan fingerprint density at radius 3 is 2.81 bits per heavy atom. The van der Waals surface area contributed by atoms with Gasteiger partial charge in [-0.05, 0) is 25.2 Å². The van der Waals surface area contributed by atoms with Crippen molar-refractivity contribution in [1.29, 1.82) is 0 Å². The summed E-state index contributed by atoms with van der Waals surface area (Å²) in [4.78, 5) is 13.9. The largest absolute Gasteiger partial charge is 0.383 e. The zero-order valence-corrected chi connectivity index (χ0v) is 10.6. The van der Waals surface area contributed by atoms with Gasteiger partial charge in [0.1, 0.15) is 0 Å². The van der Waals surface area contributed by atoms with Crippen LogP contribution in [0.25, 0.3) is 0 Å². The number of ether oxygens (including phenoxy) is 1. The molecule has 0 bridgehead atoms. The summed E-state index contributed by atoms with van der Waals surface area (Å²) in [6.45, 7) is 3.40. The number of likely N-dealkylation sites (N-methyl/N-ethyl adjacent to an activating group) is 1. The maximum Gasteiger partial charge on any atom is 0.225 e. The Bertz CT molecular complexity index is 233. The van der Waals surface area contributed by atoms with Gasteiger partial charge in [-0.15, -0.1) is 0 Å². The summed E-state index contributed by atoms with van der Waals surface area (Å²) in [5.41, 5.74) is 5.93. The summed E-state index contributed by atoms with van der Waals surface area (Å²) in [5, 5.41) is 0. The molecule has 3 unspecified atom stereocenters. The molecular weight excluding hydrogens is 204 g/mol. The number of nitrogens with two attached hydrogens (primary N) is 1. The number of methoxy groups -OCH3 is 1. The molecule has 3 atom stereocenters. The summed E-state index contributed by atoms with van der Waals surface area (Å²) in [6, 6.07) is 0.195. The fourth-order valence-corrected chi connectivity index (χ4v) is 2.32. The lowest BCUT2D eigenvalue weighted by molar-refractivity contribution is -0.137. The Morgan fingerprint density at radius 2 is 2.19 bits per heavy atom. The van der Waals surface area contributed by atoms with E-state index in [0.717, 1.165) is 19.3 Å². The predicted octanol–water partition coefficient (Wildman–Crippen LogP) is 0.855. The SMILES string of the molecule is COCCN(C)C(=O)C1CC(N)CCC1C. The van der Waals surface area contributed by atoms with E-state index in [2.05, 4.69) is 6.92 Å². The topological polar surface area (TPSA) is 55.6 Å². The summed E-state index contributed by atoms with van der Waals surface area (Å²) in [7, 11) is 3.49. The number of amides is 1. The molecule has 1 saturated carbocycles. The molecule has 0 aliphatic heterocycles. The van der Waals surface area contributed by atoms with E-state index in [9.17, 15) is 4.79 Å². The van der Waals surface area contributed by atoms with Gasteiger partial charge in [0, 0.05) is 32.7 Å². The van der Waals surface area contributed by atoms with Crippen LogP contribution in [0.2, 0.25) is 0 Å². The molecule has 16 heavy (non-hydrogen) atoms. The van der Waals surface area contributed by atoms with Crippen LogP contribution in [0.3, 0.4) is 0 Å². The third-order valence-corrected chi connectivity index (χ3v) is 3.56. The van der Waals surface area contributed by atoms with Crippen LogP contribution < -0.4 is 5.73 Å². The van der Waals surface area contributed by atoms with Gasteiger partial charge in [-0.2, -0.15) is 0 Å². The molecule has 1 aliphatic rings. The highest BCUT2D eigenvalue weighted by molar-refractivity contribution is 5.79. The van der Waals surface area contributed by atoms with Crippen LogP contribution in [0.4, 0.5) is 0 Å². The molecule has 94 valence electrons. The molecule has 1 fully saturated rings. The standard InChI is InChI=1S/C12H24N2O2/c1-9-4-5-10(13)8-11(9)12(15)14(2)6-7-16-3/h9-11H,4-8,13H2,1-3H3. The lowest BCUT2D eigenvalue weighted by Gasteiger charge is -2.34. The highest BCUT2D eigenvalue weighted by Gasteiger charge is 2.32. The number of carbonyl (C=O) groups is 1. The van der Waals surface area contributed by atoms with E-state index >= 15 is 0 Å². The Labute approximate surface area is 98.1 Å². The van der Waals surface area contributed by atoms with Crippen LogP contribution >= 0.6 is 0 Å². The van der Waals surface area contributed by atoms with E-state index < -0.39 is 0 Å². The van der Waals surface area contributed by atoms with Crippen molar-refractivity contribution in [3.05, 3.63) is 0 Å². The lowest BCUT2D eigenvalue weighted by Crippen LogP contribution is -2.43. The van der Waals surface area contributed by atoms with Crippen molar-refractivity contribution in [3.63, 3.8) is 0 Å². The van der Waals surface area contributed by atoms with Gasteiger partial charge in [0.25, 0.3) is 0 Å². The Kier molecular flexibility index (Phi) is 5.22. The first-order chi connectivity index (χ1) is 7.56. The van der Waals surface area contributed by atoms with Crippen LogP contribution in [0.5, 0.6) is 0 Å². The van der Waals surface area contributed by atoms with E-state index in [-0.39, 0.29) is 17.9 Å². The van der Waals surface area contributed by atoms with E-state index in [1.807, 2.05) is 7.05 Å². The van der Waals surface area contributed by atoms with Crippen molar-refractivity contribution in [2.75, 3.05) is 27.3 Å². The third-order valence-electron chi connectivity index (χ3n) is 3.56. The van der Waals surface area contributed by atoms with Crippen LogP contribution in [-0.4, -0.2) is 44.2 Å². The Balaban J connectivity index is 2.50. The molecule has 0 radical (unpaired) electrons. The first kappa shape index (κ1) is 13.5. The van der Waals surface area contributed by atoms with E-state index in [0.29, 0.717) is 19.1 Å². The second kappa shape index (κ2) is 6.21. The summed E-state index contributed by atoms with van der Waals surface area (Å²) < 4.78 is 4.98. The Hall–Kier alpha value is -0.610. The highest BCUT2D eigenvalue weighted by Crippen LogP contribution is 2.30. The van der Waals surface area contributed by atoms with Crippen LogP contribution in [0.15, 0.2) is 0 Å². The van der Waals surface area contributed by atoms with Crippen LogP contribution in [-0.2, 0) is 9.53 Å². The van der Waals surface area contributed by atoms with E-state index in [4.69, 9.17) is 10.5 Å². The Morgan fingerprint density at radius 1 is 1.50 bits per heavy atom. The smallest absolute Gasteiger partial charge is 0.225 e. The number of carbonyl (C=O) groups excluding carboxylic acids is 1. The zero-order valence-electron chi connectivity index (χ0n) is 10.6. The molecular formula is C12H24N2O2. The summed E-state index contributed by atoms with van der Waals surface area (Å²) in [6.07, 6.45) is 2.94. The fourth-order valence-electron chi connectivity index (χ4n) is 2.32. The van der Waals surface area contributed by atoms with Crippen molar-refractivity contribution in [2.24, 2.45) is 17.6 Å². The average molecular weight is 228 g/mol. The number of nitrogens with zero attached hydrogens (tertiary/aromatic N) is 1. The summed E-state index contributed by atoms with van der Waals surface area (Å²) in [5.74, 6) is 0.780. The van der Waals surface area contributed by atoms with Gasteiger partial charge in [-0.25, -0.2) is 0 Å². The minimum Gasteiger partial charge on any atom is -0.383 e. The normalized spacial score (nSPS) is 30.1. The number of rotatable bonds is 4. The molecule has 4 heteroatoms. The van der Waals surface area contributed by atoms with Gasteiger partial charge in [0.2, 0.25) is 5.91 Å². The monoisotopic (exact) mass is 228 g/mol. The average Bonchev–Trinajstić information content (AvgIpc) is 2.28. The number of hydrogen-bond acceptors (Lipinski definition) is 3. The molecule has 0 spiro atoms. The highest BCUT2D eigenvalue weighted by atomic mass is 16.5. The maximum atomic E-state index is 12.2. The quantitative estimate of drug-likeness (QED) is 0.776. The van der Waals surface area contributed by atoms with Crippen LogP contribution in [0.1, 0.15) is 26.2 Å². The molecule has 0 aromatic carbocycles. The molecule has 1 rings (SSSR count). The second-order valence-corrected chi connectivity index (χ2v) is 4.91. The number of hydrogen-bond donors (Lipinski definition) is 1. The molecule has 0 heterocycles. The van der Waals surface area contributed by atoms with Gasteiger partial charge in [-0.3, -0.25) is 4.79 Å². The second-order valence-electron chi connectivity index (χ2n) is 4.91. The van der Waals surface area contributed by atoms with Gasteiger partial charge >= 0.3 is 0 Å². The minimum absolute atomic E-state index is 0.102. The minimum atomic E-state index is 0.102. The van der Waals surface area contributed by atoms with E-state index in [1.54, 1.807) is 12.0 Å². The van der Waals surface area contributed by atoms with Crippen molar-refractivity contribution in [2.45, 2.75) is 32.2 Å². The van der Waals surface area contributed by atoms with Crippen molar-refractivity contribution >= 4 is 5.91 Å². The molecule has 0 aromatic rings.